The Hall–Kier alpha value is -1.35. The van der Waals surface area contributed by atoms with Gasteiger partial charge in [0.15, 0.2) is 0 Å². The molecule has 1 rings (SSSR count). The smallest absolute Gasteiger partial charge is 0.307 e. The quantitative estimate of drug-likeness (QED) is 0.754. The molecule has 100 valence electrons. The van der Waals surface area contributed by atoms with Crippen LogP contribution in [0, 0.1) is 5.92 Å². The average molecular weight is 249 g/mol. The van der Waals surface area contributed by atoms with Crippen molar-refractivity contribution in [2.24, 2.45) is 5.92 Å². The SMILES string of the molecule is COC(=O)CC(Cc1ccccc1)NCC(C)C. The first-order valence-corrected chi connectivity index (χ1v) is 6.46. The summed E-state index contributed by atoms with van der Waals surface area (Å²) in [7, 11) is 1.43. The van der Waals surface area contributed by atoms with Crippen LogP contribution in [0.5, 0.6) is 0 Å². The first-order chi connectivity index (χ1) is 8.61. The van der Waals surface area contributed by atoms with Crippen LogP contribution in [-0.2, 0) is 16.0 Å². The first-order valence-electron chi connectivity index (χ1n) is 6.46. The molecule has 0 fully saturated rings. The predicted molar refractivity (Wildman–Crippen MR) is 73.4 cm³/mol. The molecule has 0 heterocycles. The van der Waals surface area contributed by atoms with Crippen LogP contribution < -0.4 is 5.32 Å². The lowest BCUT2D eigenvalue weighted by Gasteiger charge is -2.19. The molecule has 0 spiro atoms. The van der Waals surface area contributed by atoms with Gasteiger partial charge in [-0.2, -0.15) is 0 Å². The number of carbonyl (C=O) groups is 1. The van der Waals surface area contributed by atoms with Crippen molar-refractivity contribution in [1.29, 1.82) is 0 Å². The molecule has 0 saturated heterocycles. The number of hydrogen-bond donors (Lipinski definition) is 1. The summed E-state index contributed by atoms with van der Waals surface area (Å²) < 4.78 is 4.75. The second-order valence-corrected chi connectivity index (χ2v) is 4.97. The number of methoxy groups -OCH3 is 1. The Bertz CT molecular complexity index is 349. The molecule has 0 bridgehead atoms. The van der Waals surface area contributed by atoms with Gasteiger partial charge in [-0.25, -0.2) is 0 Å². The summed E-state index contributed by atoms with van der Waals surface area (Å²) in [6, 6.07) is 10.4. The normalized spacial score (nSPS) is 12.4. The number of rotatable bonds is 7. The third-order valence-corrected chi connectivity index (χ3v) is 2.78. The molecule has 0 radical (unpaired) electrons. The van der Waals surface area contributed by atoms with E-state index in [2.05, 4.69) is 31.3 Å². The number of nitrogens with one attached hydrogen (secondary N) is 1. The maximum Gasteiger partial charge on any atom is 0.307 e. The molecular formula is C15H23NO2. The summed E-state index contributed by atoms with van der Waals surface area (Å²) in [6.07, 6.45) is 1.26. The first kappa shape index (κ1) is 14.7. The largest absolute Gasteiger partial charge is 0.469 e. The molecule has 0 aromatic heterocycles. The van der Waals surface area contributed by atoms with Crippen molar-refractivity contribution < 1.29 is 9.53 Å². The van der Waals surface area contributed by atoms with E-state index < -0.39 is 0 Å². The Kier molecular flexibility index (Phi) is 6.44. The Morgan fingerprint density at radius 3 is 2.50 bits per heavy atom. The van der Waals surface area contributed by atoms with Crippen LogP contribution in [0.3, 0.4) is 0 Å². The van der Waals surface area contributed by atoms with E-state index in [4.69, 9.17) is 4.74 Å². The fraction of sp³-hybridized carbons (Fsp3) is 0.533. The van der Waals surface area contributed by atoms with Crippen LogP contribution in [0.1, 0.15) is 25.8 Å². The second-order valence-electron chi connectivity index (χ2n) is 4.97. The van der Waals surface area contributed by atoms with Crippen molar-refractivity contribution in [3.63, 3.8) is 0 Å². The Morgan fingerprint density at radius 2 is 1.94 bits per heavy atom. The van der Waals surface area contributed by atoms with Crippen LogP contribution in [0.4, 0.5) is 0 Å². The number of hydrogen-bond acceptors (Lipinski definition) is 3. The lowest BCUT2D eigenvalue weighted by molar-refractivity contribution is -0.141. The van der Waals surface area contributed by atoms with Gasteiger partial charge in [-0.1, -0.05) is 44.2 Å². The number of esters is 1. The van der Waals surface area contributed by atoms with E-state index in [1.807, 2.05) is 18.2 Å². The Morgan fingerprint density at radius 1 is 1.28 bits per heavy atom. The standard InChI is InChI=1S/C15H23NO2/c1-12(2)11-16-14(10-15(17)18-3)9-13-7-5-4-6-8-13/h4-8,12,14,16H,9-11H2,1-3H3. The summed E-state index contributed by atoms with van der Waals surface area (Å²) in [4.78, 5) is 11.4. The van der Waals surface area contributed by atoms with Gasteiger partial charge in [-0.3, -0.25) is 4.79 Å². The van der Waals surface area contributed by atoms with Crippen LogP contribution >= 0.6 is 0 Å². The van der Waals surface area contributed by atoms with Crippen molar-refractivity contribution in [1.82, 2.24) is 5.32 Å². The Labute approximate surface area is 110 Å². The minimum Gasteiger partial charge on any atom is -0.469 e. The van der Waals surface area contributed by atoms with Gasteiger partial charge in [0.25, 0.3) is 0 Å². The molecule has 1 atom stereocenters. The highest BCUT2D eigenvalue weighted by Gasteiger charge is 2.14. The van der Waals surface area contributed by atoms with Crippen molar-refractivity contribution >= 4 is 5.97 Å². The van der Waals surface area contributed by atoms with Gasteiger partial charge in [0.05, 0.1) is 13.5 Å². The van der Waals surface area contributed by atoms with Crippen LogP contribution in [0.2, 0.25) is 0 Å². The van der Waals surface area contributed by atoms with E-state index in [1.54, 1.807) is 0 Å². The topological polar surface area (TPSA) is 38.3 Å². The zero-order valence-corrected chi connectivity index (χ0v) is 11.5. The van der Waals surface area contributed by atoms with Gasteiger partial charge in [0.1, 0.15) is 0 Å². The summed E-state index contributed by atoms with van der Waals surface area (Å²) in [5.41, 5.74) is 1.24. The van der Waals surface area contributed by atoms with E-state index in [9.17, 15) is 4.79 Å². The maximum absolute atomic E-state index is 11.4. The Balaban J connectivity index is 2.56. The van der Waals surface area contributed by atoms with Crippen LogP contribution in [0.25, 0.3) is 0 Å². The number of carbonyl (C=O) groups excluding carboxylic acids is 1. The molecular weight excluding hydrogens is 226 g/mol. The van der Waals surface area contributed by atoms with Gasteiger partial charge >= 0.3 is 5.97 Å². The van der Waals surface area contributed by atoms with Crippen molar-refractivity contribution in [3.05, 3.63) is 35.9 Å². The molecule has 3 nitrogen and oxygen atoms in total. The molecule has 1 aromatic carbocycles. The zero-order chi connectivity index (χ0) is 13.4. The molecule has 0 amide bonds. The molecule has 3 heteroatoms. The highest BCUT2D eigenvalue weighted by molar-refractivity contribution is 5.69. The van der Waals surface area contributed by atoms with Crippen LogP contribution in [0.15, 0.2) is 30.3 Å². The van der Waals surface area contributed by atoms with E-state index in [0.29, 0.717) is 12.3 Å². The predicted octanol–water partition coefficient (Wildman–Crippen LogP) is 2.41. The van der Waals surface area contributed by atoms with Crippen molar-refractivity contribution in [2.75, 3.05) is 13.7 Å². The van der Waals surface area contributed by atoms with Gasteiger partial charge in [-0.15, -0.1) is 0 Å². The molecule has 0 aliphatic carbocycles. The van der Waals surface area contributed by atoms with Crippen molar-refractivity contribution in [3.8, 4) is 0 Å². The monoisotopic (exact) mass is 249 g/mol. The minimum atomic E-state index is -0.160. The van der Waals surface area contributed by atoms with Crippen molar-refractivity contribution in [2.45, 2.75) is 32.7 Å². The fourth-order valence-electron chi connectivity index (χ4n) is 1.80. The van der Waals surface area contributed by atoms with Gasteiger partial charge < -0.3 is 10.1 Å². The van der Waals surface area contributed by atoms with Gasteiger partial charge in [-0.05, 0) is 24.4 Å². The molecule has 18 heavy (non-hydrogen) atoms. The highest BCUT2D eigenvalue weighted by atomic mass is 16.5. The second kappa shape index (κ2) is 7.88. The summed E-state index contributed by atoms with van der Waals surface area (Å²) in [5, 5.41) is 3.43. The average Bonchev–Trinajstić information content (AvgIpc) is 2.37. The van der Waals surface area contributed by atoms with Gasteiger partial charge in [0, 0.05) is 6.04 Å². The third kappa shape index (κ3) is 5.82. The zero-order valence-electron chi connectivity index (χ0n) is 11.5. The van der Waals surface area contributed by atoms with E-state index in [1.165, 1.54) is 12.7 Å². The molecule has 1 aromatic rings. The molecule has 0 aliphatic heterocycles. The molecule has 1 unspecified atom stereocenters. The van der Waals surface area contributed by atoms with E-state index in [0.717, 1.165) is 13.0 Å². The fourth-order valence-corrected chi connectivity index (χ4v) is 1.80. The van der Waals surface area contributed by atoms with Gasteiger partial charge in [0.2, 0.25) is 0 Å². The summed E-state index contributed by atoms with van der Waals surface area (Å²) in [6.45, 7) is 5.23. The third-order valence-electron chi connectivity index (χ3n) is 2.78. The van der Waals surface area contributed by atoms with Crippen LogP contribution in [-0.4, -0.2) is 25.7 Å². The highest BCUT2D eigenvalue weighted by Crippen LogP contribution is 2.07. The number of benzene rings is 1. The van der Waals surface area contributed by atoms with E-state index >= 15 is 0 Å². The summed E-state index contributed by atoms with van der Waals surface area (Å²) in [5.74, 6) is 0.410. The van der Waals surface area contributed by atoms with E-state index in [-0.39, 0.29) is 12.0 Å². The molecule has 0 aliphatic rings. The molecule has 0 saturated carbocycles. The lowest BCUT2D eigenvalue weighted by atomic mass is 10.0. The lowest BCUT2D eigenvalue weighted by Crippen LogP contribution is -2.36. The number of ether oxygens (including phenoxy) is 1. The minimum absolute atomic E-state index is 0.141. The summed E-state index contributed by atoms with van der Waals surface area (Å²) >= 11 is 0. The molecule has 1 N–H and O–H groups in total. The maximum atomic E-state index is 11.4.